The van der Waals surface area contributed by atoms with E-state index in [-0.39, 0.29) is 5.91 Å². The summed E-state index contributed by atoms with van der Waals surface area (Å²) in [6.07, 6.45) is 3.07. The van der Waals surface area contributed by atoms with Crippen LogP contribution in [0.5, 0.6) is 0 Å². The molecule has 18 heavy (non-hydrogen) atoms. The third-order valence-corrected chi connectivity index (χ3v) is 3.02. The fourth-order valence-electron chi connectivity index (χ4n) is 1.93. The van der Waals surface area contributed by atoms with E-state index in [9.17, 15) is 9.90 Å². The average molecular weight is 244 g/mol. The largest absolute Gasteiger partial charge is 0.373 e. The summed E-state index contributed by atoms with van der Waals surface area (Å²) < 4.78 is 0. The first-order valence-electron chi connectivity index (χ1n) is 5.72. The second kappa shape index (κ2) is 4.23. The molecule has 1 fully saturated rings. The van der Waals surface area contributed by atoms with Gasteiger partial charge in [-0.05, 0) is 12.1 Å². The van der Waals surface area contributed by atoms with Crippen molar-refractivity contribution >= 4 is 5.91 Å². The second-order valence-corrected chi connectivity index (χ2v) is 4.10. The number of amides is 1. The van der Waals surface area contributed by atoms with Gasteiger partial charge in [-0.3, -0.25) is 4.79 Å². The first-order chi connectivity index (χ1) is 8.77. The van der Waals surface area contributed by atoms with Crippen LogP contribution in [0.25, 0.3) is 5.69 Å². The van der Waals surface area contributed by atoms with Crippen LogP contribution in [0.4, 0.5) is 0 Å². The Balaban J connectivity index is 1.99. The zero-order valence-electron chi connectivity index (χ0n) is 9.60. The predicted octanol–water partition coefficient (Wildman–Crippen LogP) is 0.432. The van der Waals surface area contributed by atoms with Crippen LogP contribution in [0, 0.1) is 0 Å². The number of aromatic nitrogens is 3. The third kappa shape index (κ3) is 1.67. The molecule has 0 bridgehead atoms. The Morgan fingerprint density at radius 3 is 2.61 bits per heavy atom. The van der Waals surface area contributed by atoms with Crippen molar-refractivity contribution in [3.8, 4) is 5.69 Å². The van der Waals surface area contributed by atoms with Crippen molar-refractivity contribution in [2.75, 3.05) is 6.54 Å². The van der Waals surface area contributed by atoms with Crippen LogP contribution in [0.15, 0.2) is 36.7 Å². The van der Waals surface area contributed by atoms with Gasteiger partial charge in [0.25, 0.3) is 5.91 Å². The molecular formula is C12H12N4O2. The number of likely N-dealkylation sites (tertiary alicyclic amines) is 1. The van der Waals surface area contributed by atoms with Gasteiger partial charge >= 0.3 is 0 Å². The minimum atomic E-state index is -0.670. The summed E-state index contributed by atoms with van der Waals surface area (Å²) in [4.78, 5) is 15.1. The third-order valence-electron chi connectivity index (χ3n) is 3.02. The number of aliphatic hydroxyl groups excluding tert-OH is 1. The number of para-hydroxylation sites is 1. The summed E-state index contributed by atoms with van der Waals surface area (Å²) in [7, 11) is 0. The van der Waals surface area contributed by atoms with Crippen molar-refractivity contribution in [1.29, 1.82) is 0 Å². The van der Waals surface area contributed by atoms with Gasteiger partial charge in [0.2, 0.25) is 0 Å². The van der Waals surface area contributed by atoms with Crippen molar-refractivity contribution in [2.45, 2.75) is 12.6 Å². The maximum Gasteiger partial charge on any atom is 0.258 e. The molecule has 0 spiro atoms. The summed E-state index contributed by atoms with van der Waals surface area (Å²) in [6, 6.07) is 7.10. The number of hydrogen-bond donors (Lipinski definition) is 1. The lowest BCUT2D eigenvalue weighted by atomic mass is 10.1. The fraction of sp³-hybridized carbons (Fsp3) is 0.250. The minimum absolute atomic E-state index is 0.193. The van der Waals surface area contributed by atoms with E-state index in [1.54, 1.807) is 30.6 Å². The van der Waals surface area contributed by atoms with Gasteiger partial charge in [-0.2, -0.15) is 15.0 Å². The molecule has 2 heterocycles. The molecule has 1 N–H and O–H groups in total. The molecule has 0 radical (unpaired) electrons. The molecule has 2 aromatic rings. The van der Waals surface area contributed by atoms with Crippen LogP contribution in [-0.2, 0) is 0 Å². The highest BCUT2D eigenvalue weighted by molar-refractivity contribution is 5.98. The van der Waals surface area contributed by atoms with Crippen LogP contribution < -0.4 is 0 Å². The van der Waals surface area contributed by atoms with Crippen LogP contribution in [-0.4, -0.2) is 43.7 Å². The Morgan fingerprint density at radius 2 is 2.00 bits per heavy atom. The van der Waals surface area contributed by atoms with Crippen molar-refractivity contribution in [3.63, 3.8) is 0 Å². The maximum atomic E-state index is 12.3. The number of rotatable bonds is 2. The smallest absolute Gasteiger partial charge is 0.258 e. The Hall–Kier alpha value is -2.21. The average Bonchev–Trinajstić information content (AvgIpc) is 2.90. The van der Waals surface area contributed by atoms with E-state index in [4.69, 9.17) is 0 Å². The van der Waals surface area contributed by atoms with E-state index in [1.807, 2.05) is 6.07 Å². The zero-order chi connectivity index (χ0) is 12.5. The molecule has 3 rings (SSSR count). The highest BCUT2D eigenvalue weighted by Gasteiger charge is 2.32. The highest BCUT2D eigenvalue weighted by Crippen LogP contribution is 2.21. The standard InChI is InChI=1S/C12H12N4O2/c17-11-5-8-15(11)12(18)9-3-1-2-4-10(9)16-13-6-7-14-16/h1-4,6-7,11,17H,5,8H2. The maximum absolute atomic E-state index is 12.3. The molecule has 0 saturated carbocycles. The first kappa shape index (κ1) is 10.9. The van der Waals surface area contributed by atoms with Gasteiger partial charge in [0.1, 0.15) is 6.23 Å². The Bertz CT molecular complexity index is 567. The molecule has 1 aliphatic rings. The quantitative estimate of drug-likeness (QED) is 0.831. The van der Waals surface area contributed by atoms with E-state index in [0.29, 0.717) is 24.2 Å². The number of carbonyl (C=O) groups excluding carboxylic acids is 1. The van der Waals surface area contributed by atoms with Gasteiger partial charge < -0.3 is 10.0 Å². The molecular weight excluding hydrogens is 232 g/mol. The molecule has 0 aliphatic carbocycles. The molecule has 1 unspecified atom stereocenters. The van der Waals surface area contributed by atoms with Crippen molar-refractivity contribution in [2.24, 2.45) is 0 Å². The van der Waals surface area contributed by atoms with Crippen LogP contribution in [0.2, 0.25) is 0 Å². The number of nitrogens with zero attached hydrogens (tertiary/aromatic N) is 4. The van der Waals surface area contributed by atoms with Crippen molar-refractivity contribution in [1.82, 2.24) is 19.9 Å². The number of carbonyl (C=O) groups is 1. The van der Waals surface area contributed by atoms with Gasteiger partial charge in [-0.15, -0.1) is 0 Å². The number of benzene rings is 1. The second-order valence-electron chi connectivity index (χ2n) is 4.10. The van der Waals surface area contributed by atoms with E-state index < -0.39 is 6.23 Å². The molecule has 6 nitrogen and oxygen atoms in total. The van der Waals surface area contributed by atoms with Crippen molar-refractivity contribution in [3.05, 3.63) is 42.2 Å². The van der Waals surface area contributed by atoms with Gasteiger partial charge in [0.05, 0.1) is 23.6 Å². The molecule has 1 aliphatic heterocycles. The topological polar surface area (TPSA) is 71.2 Å². The summed E-state index contributed by atoms with van der Waals surface area (Å²) in [5, 5.41) is 17.6. The van der Waals surface area contributed by atoms with E-state index >= 15 is 0 Å². The number of hydrogen-bond acceptors (Lipinski definition) is 4. The SMILES string of the molecule is O=C(c1ccccc1-n1nccn1)N1CCC1O. The van der Waals surface area contributed by atoms with Gasteiger partial charge in [0, 0.05) is 13.0 Å². The fourth-order valence-corrected chi connectivity index (χ4v) is 1.93. The first-order valence-corrected chi connectivity index (χ1v) is 5.72. The summed E-state index contributed by atoms with van der Waals surface area (Å²) in [5.74, 6) is -0.193. The monoisotopic (exact) mass is 244 g/mol. The van der Waals surface area contributed by atoms with E-state index in [2.05, 4.69) is 10.2 Å². The Morgan fingerprint density at radius 1 is 1.28 bits per heavy atom. The molecule has 6 heteroatoms. The van der Waals surface area contributed by atoms with Crippen LogP contribution in [0.3, 0.4) is 0 Å². The Kier molecular flexibility index (Phi) is 2.56. The van der Waals surface area contributed by atoms with Crippen LogP contribution in [0.1, 0.15) is 16.8 Å². The lowest BCUT2D eigenvalue weighted by Crippen LogP contribution is -2.51. The molecule has 1 aromatic heterocycles. The van der Waals surface area contributed by atoms with E-state index in [1.165, 1.54) is 9.70 Å². The Labute approximate surface area is 103 Å². The molecule has 1 amide bonds. The minimum Gasteiger partial charge on any atom is -0.373 e. The summed E-state index contributed by atoms with van der Waals surface area (Å²) in [6.45, 7) is 0.584. The molecule has 1 saturated heterocycles. The molecule has 1 atom stereocenters. The van der Waals surface area contributed by atoms with Crippen molar-refractivity contribution < 1.29 is 9.90 Å². The summed E-state index contributed by atoms with van der Waals surface area (Å²) in [5.41, 5.74) is 1.11. The number of aliphatic hydroxyl groups is 1. The predicted molar refractivity (Wildman–Crippen MR) is 63.0 cm³/mol. The van der Waals surface area contributed by atoms with E-state index in [0.717, 1.165) is 0 Å². The normalized spacial score (nSPS) is 18.5. The van der Waals surface area contributed by atoms with Gasteiger partial charge in [-0.1, -0.05) is 12.1 Å². The lowest BCUT2D eigenvalue weighted by Gasteiger charge is -2.37. The van der Waals surface area contributed by atoms with Gasteiger partial charge in [0.15, 0.2) is 0 Å². The molecule has 92 valence electrons. The van der Waals surface area contributed by atoms with Crippen LogP contribution >= 0.6 is 0 Å². The summed E-state index contributed by atoms with van der Waals surface area (Å²) >= 11 is 0. The van der Waals surface area contributed by atoms with Gasteiger partial charge in [-0.25, -0.2) is 0 Å². The highest BCUT2D eigenvalue weighted by atomic mass is 16.3. The molecule has 1 aromatic carbocycles. The lowest BCUT2D eigenvalue weighted by molar-refractivity contribution is -0.0516. The zero-order valence-corrected chi connectivity index (χ0v) is 9.60.